The molecular weight excluding hydrogens is 240 g/mol. The molecule has 0 aromatic heterocycles. The molecule has 2 saturated heterocycles. The Labute approximate surface area is 105 Å². The van der Waals surface area contributed by atoms with Gasteiger partial charge >= 0.3 is 0 Å². The third-order valence-electron chi connectivity index (χ3n) is 3.41. The lowest BCUT2D eigenvalue weighted by atomic mass is 10.2. The maximum absolute atomic E-state index is 12.3. The van der Waals surface area contributed by atoms with Crippen molar-refractivity contribution in [3.63, 3.8) is 0 Å². The molecule has 0 radical (unpaired) electrons. The predicted octanol–water partition coefficient (Wildman–Crippen LogP) is -0.111. The van der Waals surface area contributed by atoms with Gasteiger partial charge in [-0.25, -0.2) is 0 Å². The fourth-order valence-electron chi connectivity index (χ4n) is 2.46. The number of aliphatic hydroxyl groups excluding tert-OH is 1. The summed E-state index contributed by atoms with van der Waals surface area (Å²) in [5, 5.41) is 9.56. The Morgan fingerprint density at radius 1 is 1.35 bits per heavy atom. The summed E-state index contributed by atoms with van der Waals surface area (Å²) in [7, 11) is 0. The van der Waals surface area contributed by atoms with Crippen LogP contribution in [0.3, 0.4) is 0 Å². The molecule has 0 aromatic rings. The Morgan fingerprint density at radius 2 is 2.06 bits per heavy atom. The van der Waals surface area contributed by atoms with E-state index in [0.29, 0.717) is 24.6 Å². The Morgan fingerprint density at radius 3 is 2.59 bits per heavy atom. The minimum Gasteiger partial charge on any atom is -0.391 e. The molecule has 3 atom stereocenters. The first-order chi connectivity index (χ1) is 8.00. The van der Waals surface area contributed by atoms with Crippen molar-refractivity contribution < 1.29 is 14.7 Å². The van der Waals surface area contributed by atoms with Gasteiger partial charge in [-0.2, -0.15) is 0 Å². The van der Waals surface area contributed by atoms with E-state index in [1.165, 1.54) is 6.92 Å². The van der Waals surface area contributed by atoms with Crippen LogP contribution in [0.5, 0.6) is 0 Å². The van der Waals surface area contributed by atoms with Crippen molar-refractivity contribution >= 4 is 23.6 Å². The molecule has 2 fully saturated rings. The highest BCUT2D eigenvalue weighted by Gasteiger charge is 2.40. The number of carbonyl (C=O) groups is 2. The molecule has 5 nitrogen and oxygen atoms in total. The average molecular weight is 258 g/mol. The molecule has 0 bridgehead atoms. The minimum atomic E-state index is -0.422. The summed E-state index contributed by atoms with van der Waals surface area (Å²) in [6.07, 6.45) is 0.208. The number of rotatable bonds is 1. The molecule has 2 aliphatic rings. The van der Waals surface area contributed by atoms with Crippen molar-refractivity contribution in [1.82, 2.24) is 9.80 Å². The van der Waals surface area contributed by atoms with Crippen LogP contribution in [0, 0.1) is 0 Å². The Bertz CT molecular complexity index is 337. The molecule has 2 heterocycles. The molecule has 17 heavy (non-hydrogen) atoms. The topological polar surface area (TPSA) is 60.9 Å². The minimum absolute atomic E-state index is 0.0192. The molecule has 1 N–H and O–H groups in total. The highest BCUT2D eigenvalue weighted by atomic mass is 32.2. The summed E-state index contributed by atoms with van der Waals surface area (Å²) >= 11 is 1.60. The van der Waals surface area contributed by atoms with Crippen molar-refractivity contribution in [2.24, 2.45) is 0 Å². The van der Waals surface area contributed by atoms with Gasteiger partial charge in [0.25, 0.3) is 0 Å². The molecule has 2 aliphatic heterocycles. The largest absolute Gasteiger partial charge is 0.391 e. The normalized spacial score (nSPS) is 33.2. The lowest BCUT2D eigenvalue weighted by Crippen LogP contribution is -2.49. The van der Waals surface area contributed by atoms with Gasteiger partial charge < -0.3 is 14.9 Å². The summed E-state index contributed by atoms with van der Waals surface area (Å²) in [5.74, 6) is 1.18. The quantitative estimate of drug-likeness (QED) is 0.713. The van der Waals surface area contributed by atoms with Crippen LogP contribution in [0.25, 0.3) is 0 Å². The zero-order valence-electron chi connectivity index (χ0n) is 10.1. The number of β-amino-alcohol motifs (C(OH)–C–C–N with tert-alkyl or cyclic N) is 1. The molecule has 6 heteroatoms. The summed E-state index contributed by atoms with van der Waals surface area (Å²) < 4.78 is 0. The van der Waals surface area contributed by atoms with Gasteiger partial charge in [0.2, 0.25) is 11.8 Å². The van der Waals surface area contributed by atoms with Gasteiger partial charge in [0, 0.05) is 25.3 Å². The van der Waals surface area contributed by atoms with E-state index in [-0.39, 0.29) is 23.9 Å². The number of carbonyl (C=O) groups excluding carboxylic acids is 2. The number of likely N-dealkylation sites (tertiary alicyclic amines) is 1. The van der Waals surface area contributed by atoms with Gasteiger partial charge in [0.05, 0.1) is 12.0 Å². The first kappa shape index (κ1) is 12.7. The van der Waals surface area contributed by atoms with E-state index < -0.39 is 6.10 Å². The van der Waals surface area contributed by atoms with Crippen LogP contribution in [-0.4, -0.2) is 63.1 Å². The van der Waals surface area contributed by atoms with Crippen molar-refractivity contribution in [3.05, 3.63) is 0 Å². The second kappa shape index (κ2) is 4.86. The molecule has 0 spiro atoms. The van der Waals surface area contributed by atoms with E-state index in [2.05, 4.69) is 0 Å². The molecule has 3 unspecified atom stereocenters. The lowest BCUT2D eigenvalue weighted by molar-refractivity contribution is -0.142. The molecule has 2 rings (SSSR count). The van der Waals surface area contributed by atoms with E-state index in [4.69, 9.17) is 0 Å². The van der Waals surface area contributed by atoms with Gasteiger partial charge in [0.1, 0.15) is 6.04 Å². The smallest absolute Gasteiger partial charge is 0.246 e. The summed E-state index contributed by atoms with van der Waals surface area (Å²) in [6, 6.07) is -0.276. The van der Waals surface area contributed by atoms with Gasteiger partial charge in [-0.05, 0) is 13.3 Å². The molecule has 0 aromatic carbocycles. The van der Waals surface area contributed by atoms with Crippen molar-refractivity contribution in [1.29, 1.82) is 0 Å². The van der Waals surface area contributed by atoms with E-state index in [0.717, 1.165) is 0 Å². The third-order valence-corrected chi connectivity index (χ3v) is 4.42. The zero-order valence-corrected chi connectivity index (χ0v) is 10.9. The maximum Gasteiger partial charge on any atom is 0.246 e. The van der Waals surface area contributed by atoms with Gasteiger partial charge in [0.15, 0.2) is 0 Å². The van der Waals surface area contributed by atoms with Gasteiger partial charge in [-0.3, -0.25) is 9.59 Å². The predicted molar refractivity (Wildman–Crippen MR) is 65.4 cm³/mol. The molecule has 96 valence electrons. The van der Waals surface area contributed by atoms with Crippen LogP contribution in [0.4, 0.5) is 0 Å². The van der Waals surface area contributed by atoms with Gasteiger partial charge in [-0.1, -0.05) is 0 Å². The fraction of sp³-hybridized carbons (Fsp3) is 0.818. The number of nitrogens with zero attached hydrogens (tertiary/aromatic N) is 2. The van der Waals surface area contributed by atoms with Crippen LogP contribution in [0.15, 0.2) is 0 Å². The van der Waals surface area contributed by atoms with E-state index in [1.54, 1.807) is 21.6 Å². The Hall–Kier alpha value is -0.750. The van der Waals surface area contributed by atoms with E-state index in [9.17, 15) is 14.7 Å². The Balaban J connectivity index is 2.07. The third kappa shape index (κ3) is 2.42. The van der Waals surface area contributed by atoms with Crippen molar-refractivity contribution in [2.75, 3.05) is 18.2 Å². The van der Waals surface area contributed by atoms with Crippen LogP contribution >= 0.6 is 11.8 Å². The maximum atomic E-state index is 12.3. The SMILES string of the molecule is CC(=O)N1CSCC1C(=O)N1CC(O)CC1C. The summed E-state index contributed by atoms with van der Waals surface area (Å²) in [5.41, 5.74) is 0. The summed E-state index contributed by atoms with van der Waals surface area (Å²) in [6.45, 7) is 3.83. The van der Waals surface area contributed by atoms with E-state index >= 15 is 0 Å². The number of aliphatic hydroxyl groups is 1. The molecule has 0 aliphatic carbocycles. The number of amides is 2. The fourth-order valence-corrected chi connectivity index (χ4v) is 3.67. The lowest BCUT2D eigenvalue weighted by Gasteiger charge is -2.28. The second-order valence-electron chi connectivity index (χ2n) is 4.73. The molecule has 0 saturated carbocycles. The number of thioether (sulfide) groups is 1. The highest BCUT2D eigenvalue weighted by Crippen LogP contribution is 2.26. The van der Waals surface area contributed by atoms with Crippen molar-refractivity contribution in [2.45, 2.75) is 38.5 Å². The zero-order chi connectivity index (χ0) is 12.6. The monoisotopic (exact) mass is 258 g/mol. The average Bonchev–Trinajstić information content (AvgIpc) is 2.83. The van der Waals surface area contributed by atoms with E-state index in [1.807, 2.05) is 6.92 Å². The molecular formula is C11H18N2O3S. The highest BCUT2D eigenvalue weighted by molar-refractivity contribution is 7.99. The summed E-state index contributed by atoms with van der Waals surface area (Å²) in [4.78, 5) is 27.1. The number of hydrogen-bond acceptors (Lipinski definition) is 4. The van der Waals surface area contributed by atoms with Crippen LogP contribution in [0.2, 0.25) is 0 Å². The second-order valence-corrected chi connectivity index (χ2v) is 5.73. The first-order valence-electron chi connectivity index (χ1n) is 5.84. The molecule has 2 amide bonds. The number of hydrogen-bond donors (Lipinski definition) is 1. The van der Waals surface area contributed by atoms with Crippen LogP contribution < -0.4 is 0 Å². The van der Waals surface area contributed by atoms with Crippen LogP contribution in [-0.2, 0) is 9.59 Å². The first-order valence-corrected chi connectivity index (χ1v) is 6.99. The van der Waals surface area contributed by atoms with Crippen molar-refractivity contribution in [3.8, 4) is 0 Å². The Kier molecular flexibility index (Phi) is 3.63. The standard InChI is InChI=1S/C11H18N2O3S/c1-7-3-9(15)4-12(7)11(16)10-5-17-6-13(10)8(2)14/h7,9-10,15H,3-6H2,1-2H3. The van der Waals surface area contributed by atoms with Crippen LogP contribution in [0.1, 0.15) is 20.3 Å². The van der Waals surface area contributed by atoms with Gasteiger partial charge in [-0.15, -0.1) is 11.8 Å².